The van der Waals surface area contributed by atoms with E-state index in [1.54, 1.807) is 0 Å². The molecular weight excluding hydrogens is 260 g/mol. The number of aliphatic hydroxyl groups excluding tert-OH is 1. The van der Waals surface area contributed by atoms with Crippen molar-refractivity contribution in [1.29, 1.82) is 0 Å². The predicted molar refractivity (Wildman–Crippen MR) is 75.5 cm³/mol. The zero-order chi connectivity index (χ0) is 13.2. The average molecular weight is 277 g/mol. The van der Waals surface area contributed by atoms with E-state index in [9.17, 15) is 5.11 Å². The molecule has 0 bridgehead atoms. The molecule has 0 fully saturated rings. The lowest BCUT2D eigenvalue weighted by Crippen LogP contribution is -2.22. The number of hydrogen-bond acceptors (Lipinski definition) is 2. The van der Waals surface area contributed by atoms with E-state index < -0.39 is 0 Å². The number of halogens is 1. The number of aromatic nitrogens is 2. The minimum Gasteiger partial charge on any atom is -0.394 e. The number of aryl methyl sites for hydroxylation is 1. The van der Waals surface area contributed by atoms with Crippen LogP contribution in [0.4, 0.5) is 0 Å². The van der Waals surface area contributed by atoms with Crippen LogP contribution in [-0.2, 0) is 12.8 Å². The Balaban J connectivity index is 1.94. The summed E-state index contributed by atoms with van der Waals surface area (Å²) < 4.78 is 2.20. The second kappa shape index (κ2) is 5.35. The topological polar surface area (TPSA) is 38.1 Å². The average Bonchev–Trinajstić information content (AvgIpc) is 2.85. The maximum Gasteiger partial charge on any atom is 0.113 e. The van der Waals surface area contributed by atoms with Gasteiger partial charge in [-0.1, -0.05) is 29.8 Å². The summed E-state index contributed by atoms with van der Waals surface area (Å²) >= 11 is 6.21. The van der Waals surface area contributed by atoms with Gasteiger partial charge in [0.15, 0.2) is 0 Å². The number of imidazole rings is 1. The molecule has 1 aliphatic heterocycles. The standard InChI is InChI=1S/C15H17ClN2O/c16-14-7-2-1-4-11(14)8-15-17-9-12-5-3-6-13(10-19)18(12)15/h1-2,4,7,9,13,19H,3,5-6,8,10H2. The van der Waals surface area contributed by atoms with Crippen LogP contribution in [0.15, 0.2) is 30.5 Å². The molecule has 0 amide bonds. The van der Waals surface area contributed by atoms with Crippen LogP contribution >= 0.6 is 11.6 Å². The third-order valence-electron chi connectivity index (χ3n) is 3.80. The maximum atomic E-state index is 9.53. The lowest BCUT2D eigenvalue weighted by molar-refractivity contribution is 0.204. The Labute approximate surface area is 117 Å². The maximum absolute atomic E-state index is 9.53. The van der Waals surface area contributed by atoms with Crippen molar-refractivity contribution in [3.05, 3.63) is 52.6 Å². The van der Waals surface area contributed by atoms with Gasteiger partial charge in [-0.05, 0) is 30.9 Å². The van der Waals surface area contributed by atoms with Crippen molar-refractivity contribution in [2.75, 3.05) is 6.61 Å². The highest BCUT2D eigenvalue weighted by molar-refractivity contribution is 6.31. The van der Waals surface area contributed by atoms with Gasteiger partial charge in [0, 0.05) is 23.3 Å². The van der Waals surface area contributed by atoms with Crippen molar-refractivity contribution in [2.24, 2.45) is 0 Å². The highest BCUT2D eigenvalue weighted by atomic mass is 35.5. The normalized spacial score (nSPS) is 18.3. The van der Waals surface area contributed by atoms with Crippen LogP contribution in [0.5, 0.6) is 0 Å². The molecule has 3 rings (SSSR count). The highest BCUT2D eigenvalue weighted by Crippen LogP contribution is 2.28. The third-order valence-corrected chi connectivity index (χ3v) is 4.17. The molecule has 2 heterocycles. The molecule has 0 saturated heterocycles. The zero-order valence-electron chi connectivity index (χ0n) is 10.7. The molecule has 100 valence electrons. The van der Waals surface area contributed by atoms with Crippen LogP contribution in [0.2, 0.25) is 5.02 Å². The third kappa shape index (κ3) is 2.40. The van der Waals surface area contributed by atoms with Gasteiger partial charge in [0.2, 0.25) is 0 Å². The van der Waals surface area contributed by atoms with E-state index in [2.05, 4.69) is 9.55 Å². The number of benzene rings is 1. The molecule has 0 radical (unpaired) electrons. The number of aliphatic hydroxyl groups is 1. The van der Waals surface area contributed by atoms with E-state index in [0.29, 0.717) is 0 Å². The van der Waals surface area contributed by atoms with Crippen molar-refractivity contribution in [1.82, 2.24) is 9.55 Å². The first-order chi connectivity index (χ1) is 9.29. The van der Waals surface area contributed by atoms with Crippen LogP contribution in [-0.4, -0.2) is 21.3 Å². The molecule has 1 aromatic carbocycles. The van der Waals surface area contributed by atoms with E-state index >= 15 is 0 Å². The highest BCUT2D eigenvalue weighted by Gasteiger charge is 2.22. The first kappa shape index (κ1) is 12.7. The fraction of sp³-hybridized carbons (Fsp3) is 0.400. The predicted octanol–water partition coefficient (Wildman–Crippen LogP) is 3.00. The smallest absolute Gasteiger partial charge is 0.113 e. The van der Waals surface area contributed by atoms with Crippen LogP contribution in [0, 0.1) is 0 Å². The van der Waals surface area contributed by atoms with Crippen molar-refractivity contribution in [3.8, 4) is 0 Å². The Morgan fingerprint density at radius 3 is 3.00 bits per heavy atom. The summed E-state index contributed by atoms with van der Waals surface area (Å²) in [6, 6.07) is 8.03. The molecule has 1 aliphatic rings. The second-order valence-corrected chi connectivity index (χ2v) is 5.44. The van der Waals surface area contributed by atoms with Crippen LogP contribution in [0.25, 0.3) is 0 Å². The summed E-state index contributed by atoms with van der Waals surface area (Å²) in [5.74, 6) is 1.00. The Bertz CT molecular complexity index is 579. The van der Waals surface area contributed by atoms with Crippen molar-refractivity contribution in [3.63, 3.8) is 0 Å². The monoisotopic (exact) mass is 276 g/mol. The summed E-state index contributed by atoms with van der Waals surface area (Å²) in [5, 5.41) is 10.3. The van der Waals surface area contributed by atoms with Gasteiger partial charge in [0.05, 0.1) is 12.6 Å². The summed E-state index contributed by atoms with van der Waals surface area (Å²) in [7, 11) is 0. The molecule has 4 heteroatoms. The summed E-state index contributed by atoms with van der Waals surface area (Å²) in [5.41, 5.74) is 2.31. The van der Waals surface area contributed by atoms with Gasteiger partial charge in [-0.15, -0.1) is 0 Å². The van der Waals surface area contributed by atoms with Crippen molar-refractivity contribution in [2.45, 2.75) is 31.7 Å². The van der Waals surface area contributed by atoms with E-state index in [1.807, 2.05) is 30.5 Å². The van der Waals surface area contributed by atoms with Crippen molar-refractivity contribution >= 4 is 11.6 Å². The molecule has 1 aromatic heterocycles. The zero-order valence-corrected chi connectivity index (χ0v) is 11.5. The largest absolute Gasteiger partial charge is 0.394 e. The Hall–Kier alpha value is -1.32. The van der Waals surface area contributed by atoms with Crippen LogP contribution in [0.3, 0.4) is 0 Å². The number of hydrogen-bond donors (Lipinski definition) is 1. The summed E-state index contributed by atoms with van der Waals surface area (Å²) in [6.07, 6.45) is 5.86. The van der Waals surface area contributed by atoms with Crippen molar-refractivity contribution < 1.29 is 5.11 Å². The number of nitrogens with zero attached hydrogens (tertiary/aromatic N) is 2. The molecule has 1 N–H and O–H groups in total. The van der Waals surface area contributed by atoms with Crippen LogP contribution in [0.1, 0.15) is 36.0 Å². The Kier molecular flexibility index (Phi) is 3.58. The second-order valence-electron chi connectivity index (χ2n) is 5.03. The van der Waals surface area contributed by atoms with Gasteiger partial charge in [-0.25, -0.2) is 4.98 Å². The molecule has 0 aliphatic carbocycles. The fourth-order valence-corrected chi connectivity index (χ4v) is 3.04. The summed E-state index contributed by atoms with van der Waals surface area (Å²) in [4.78, 5) is 4.53. The molecular formula is C15H17ClN2O. The summed E-state index contributed by atoms with van der Waals surface area (Å²) in [6.45, 7) is 0.179. The quantitative estimate of drug-likeness (QED) is 0.936. The molecule has 1 unspecified atom stereocenters. The lowest BCUT2D eigenvalue weighted by atomic mass is 10.0. The van der Waals surface area contributed by atoms with Gasteiger partial charge in [-0.3, -0.25) is 0 Å². The van der Waals surface area contributed by atoms with Gasteiger partial charge in [0.1, 0.15) is 5.82 Å². The first-order valence-electron chi connectivity index (χ1n) is 6.69. The molecule has 19 heavy (non-hydrogen) atoms. The molecule has 0 spiro atoms. The van der Waals surface area contributed by atoms with E-state index in [4.69, 9.17) is 11.6 Å². The minimum absolute atomic E-state index is 0.170. The van der Waals surface area contributed by atoms with E-state index in [1.165, 1.54) is 5.69 Å². The van der Waals surface area contributed by atoms with Gasteiger partial charge in [0.25, 0.3) is 0 Å². The number of rotatable bonds is 3. The lowest BCUT2D eigenvalue weighted by Gasteiger charge is -2.25. The molecule has 0 saturated carbocycles. The van der Waals surface area contributed by atoms with Gasteiger partial charge < -0.3 is 9.67 Å². The molecule has 1 atom stereocenters. The van der Waals surface area contributed by atoms with Gasteiger partial charge >= 0.3 is 0 Å². The van der Waals surface area contributed by atoms with Crippen LogP contribution < -0.4 is 0 Å². The fourth-order valence-electron chi connectivity index (χ4n) is 2.83. The van der Waals surface area contributed by atoms with Gasteiger partial charge in [-0.2, -0.15) is 0 Å². The minimum atomic E-state index is 0.170. The first-order valence-corrected chi connectivity index (χ1v) is 7.06. The SMILES string of the molecule is OCC1CCCc2cnc(Cc3ccccc3Cl)n21. The van der Waals surface area contributed by atoms with E-state index in [-0.39, 0.29) is 12.6 Å². The molecule has 2 aromatic rings. The Morgan fingerprint density at radius 1 is 1.37 bits per heavy atom. The molecule has 3 nitrogen and oxygen atoms in total. The number of fused-ring (bicyclic) bond motifs is 1. The Morgan fingerprint density at radius 2 is 2.21 bits per heavy atom. The van der Waals surface area contributed by atoms with E-state index in [0.717, 1.165) is 42.1 Å².